The minimum Gasteiger partial charge on any atom is -0.321 e. The van der Waals surface area contributed by atoms with Crippen LogP contribution in [0.5, 0.6) is 0 Å². The molecule has 1 nitrogen and oxygen atoms in total. The normalized spacial score (nSPS) is 14.2. The molecule has 0 aliphatic rings. The van der Waals surface area contributed by atoms with Crippen molar-refractivity contribution in [2.75, 3.05) is 0 Å². The summed E-state index contributed by atoms with van der Waals surface area (Å²) in [5, 5.41) is 0.927. The van der Waals surface area contributed by atoms with E-state index in [4.69, 9.17) is 28.9 Å². The van der Waals surface area contributed by atoms with E-state index in [1.54, 1.807) is 30.3 Å². The van der Waals surface area contributed by atoms with Gasteiger partial charge in [0.25, 0.3) is 0 Å². The zero-order valence-corrected chi connectivity index (χ0v) is 12.0. The van der Waals surface area contributed by atoms with E-state index in [1.807, 2.05) is 13.0 Å². The molecule has 1 unspecified atom stereocenters. The summed E-state index contributed by atoms with van der Waals surface area (Å²) in [6, 6.07) is 11.9. The largest absolute Gasteiger partial charge is 0.321 e. The van der Waals surface area contributed by atoms with Gasteiger partial charge in [-0.1, -0.05) is 47.5 Å². The molecule has 2 aromatic carbocycles. The van der Waals surface area contributed by atoms with Crippen LogP contribution in [0.25, 0.3) is 0 Å². The van der Waals surface area contributed by atoms with Crippen LogP contribution in [0.2, 0.25) is 10.0 Å². The first kappa shape index (κ1) is 14.3. The van der Waals surface area contributed by atoms with Gasteiger partial charge in [0.1, 0.15) is 5.82 Å². The van der Waals surface area contributed by atoms with Crippen molar-refractivity contribution in [3.05, 3.63) is 69.5 Å². The van der Waals surface area contributed by atoms with Crippen LogP contribution < -0.4 is 5.73 Å². The van der Waals surface area contributed by atoms with Gasteiger partial charge in [-0.3, -0.25) is 0 Å². The molecule has 19 heavy (non-hydrogen) atoms. The minimum absolute atomic E-state index is 0.251. The molecule has 0 aliphatic heterocycles. The number of rotatable bonds is 3. The van der Waals surface area contributed by atoms with Crippen LogP contribution in [0.1, 0.15) is 18.1 Å². The molecule has 2 rings (SSSR count). The lowest BCUT2D eigenvalue weighted by molar-refractivity contribution is 0.475. The average molecular weight is 298 g/mol. The zero-order valence-electron chi connectivity index (χ0n) is 10.5. The van der Waals surface area contributed by atoms with Crippen molar-refractivity contribution in [2.24, 2.45) is 5.73 Å². The third-order valence-corrected chi connectivity index (χ3v) is 3.83. The highest BCUT2D eigenvalue weighted by molar-refractivity contribution is 6.42. The number of hydrogen-bond acceptors (Lipinski definition) is 1. The van der Waals surface area contributed by atoms with Gasteiger partial charge in [-0.25, -0.2) is 4.39 Å². The second-order valence-corrected chi connectivity index (χ2v) is 5.63. The molecule has 0 bridgehead atoms. The number of benzene rings is 2. The van der Waals surface area contributed by atoms with Crippen molar-refractivity contribution >= 4 is 23.2 Å². The van der Waals surface area contributed by atoms with Gasteiger partial charge in [-0.05, 0) is 42.7 Å². The van der Waals surface area contributed by atoms with Crippen LogP contribution in [0.3, 0.4) is 0 Å². The molecule has 0 saturated heterocycles. The fourth-order valence-corrected chi connectivity index (χ4v) is 2.29. The molecule has 0 heterocycles. The van der Waals surface area contributed by atoms with E-state index >= 15 is 0 Å². The fourth-order valence-electron chi connectivity index (χ4n) is 1.99. The number of nitrogens with two attached hydrogens (primary N) is 1. The van der Waals surface area contributed by atoms with Gasteiger partial charge in [-0.2, -0.15) is 0 Å². The first-order chi connectivity index (χ1) is 8.90. The summed E-state index contributed by atoms with van der Waals surface area (Å²) in [5.74, 6) is -0.251. The summed E-state index contributed by atoms with van der Waals surface area (Å²) < 4.78 is 13.7. The molecule has 0 aromatic heterocycles. The molecule has 4 heteroatoms. The maximum Gasteiger partial charge on any atom is 0.126 e. The van der Waals surface area contributed by atoms with E-state index in [0.717, 1.165) is 5.56 Å². The molecular formula is C15H14Cl2FN. The molecule has 0 aliphatic carbocycles. The van der Waals surface area contributed by atoms with Gasteiger partial charge in [0.2, 0.25) is 0 Å². The fraction of sp³-hybridized carbons (Fsp3) is 0.200. The standard InChI is InChI=1S/C15H14Cl2FN/c1-15(19,9-10-4-2-3-5-14(10)18)11-6-7-12(16)13(17)8-11/h2-8H,9,19H2,1H3. The molecule has 2 N–H and O–H groups in total. The van der Waals surface area contributed by atoms with E-state index in [2.05, 4.69) is 0 Å². The molecular weight excluding hydrogens is 284 g/mol. The predicted molar refractivity (Wildman–Crippen MR) is 78.1 cm³/mol. The average Bonchev–Trinajstić information content (AvgIpc) is 2.35. The number of hydrogen-bond donors (Lipinski definition) is 1. The topological polar surface area (TPSA) is 26.0 Å². The minimum atomic E-state index is -0.712. The summed E-state index contributed by atoms with van der Waals surface area (Å²) in [5.41, 5.74) is 6.98. The van der Waals surface area contributed by atoms with Gasteiger partial charge in [0, 0.05) is 5.54 Å². The molecule has 2 aromatic rings. The predicted octanol–water partition coefficient (Wildman–Crippen LogP) is 4.55. The molecule has 0 amide bonds. The van der Waals surface area contributed by atoms with E-state index in [9.17, 15) is 4.39 Å². The van der Waals surface area contributed by atoms with Crippen molar-refractivity contribution in [1.82, 2.24) is 0 Å². The van der Waals surface area contributed by atoms with Crippen LogP contribution in [0, 0.1) is 5.82 Å². The molecule has 0 fully saturated rings. The summed E-state index contributed by atoms with van der Waals surface area (Å²) in [4.78, 5) is 0. The maximum absolute atomic E-state index is 13.7. The lowest BCUT2D eigenvalue weighted by Crippen LogP contribution is -2.35. The van der Waals surface area contributed by atoms with Gasteiger partial charge in [0.15, 0.2) is 0 Å². The highest BCUT2D eigenvalue weighted by atomic mass is 35.5. The highest BCUT2D eigenvalue weighted by Crippen LogP contribution is 2.29. The second-order valence-electron chi connectivity index (χ2n) is 4.81. The summed E-state index contributed by atoms with van der Waals surface area (Å²) in [7, 11) is 0. The zero-order chi connectivity index (χ0) is 14.0. The lowest BCUT2D eigenvalue weighted by atomic mass is 9.86. The second kappa shape index (κ2) is 5.49. The van der Waals surface area contributed by atoms with Crippen LogP contribution in [-0.4, -0.2) is 0 Å². The molecule has 1 atom stereocenters. The Labute approximate surface area is 122 Å². The Bertz CT molecular complexity index is 596. The first-order valence-electron chi connectivity index (χ1n) is 5.88. The molecule has 0 radical (unpaired) electrons. The van der Waals surface area contributed by atoms with Crippen molar-refractivity contribution in [3.8, 4) is 0 Å². The van der Waals surface area contributed by atoms with Crippen LogP contribution in [0.4, 0.5) is 4.39 Å². The van der Waals surface area contributed by atoms with Crippen molar-refractivity contribution < 1.29 is 4.39 Å². The van der Waals surface area contributed by atoms with Crippen molar-refractivity contribution in [1.29, 1.82) is 0 Å². The molecule has 0 spiro atoms. The van der Waals surface area contributed by atoms with Gasteiger partial charge >= 0.3 is 0 Å². The van der Waals surface area contributed by atoms with E-state index in [-0.39, 0.29) is 5.82 Å². The Kier molecular flexibility index (Phi) is 4.14. The van der Waals surface area contributed by atoms with Crippen molar-refractivity contribution in [2.45, 2.75) is 18.9 Å². The number of halogens is 3. The van der Waals surface area contributed by atoms with Crippen LogP contribution in [-0.2, 0) is 12.0 Å². The summed E-state index contributed by atoms with van der Waals surface area (Å²) >= 11 is 11.9. The Morgan fingerprint density at radius 2 is 1.79 bits per heavy atom. The third-order valence-electron chi connectivity index (χ3n) is 3.09. The first-order valence-corrected chi connectivity index (χ1v) is 6.63. The Hall–Kier alpha value is -1.09. The van der Waals surface area contributed by atoms with E-state index < -0.39 is 5.54 Å². The van der Waals surface area contributed by atoms with Gasteiger partial charge < -0.3 is 5.73 Å². The Morgan fingerprint density at radius 1 is 1.11 bits per heavy atom. The van der Waals surface area contributed by atoms with E-state index in [0.29, 0.717) is 22.0 Å². The SMILES string of the molecule is CC(N)(Cc1ccccc1F)c1ccc(Cl)c(Cl)c1. The lowest BCUT2D eigenvalue weighted by Gasteiger charge is -2.26. The summed E-state index contributed by atoms with van der Waals surface area (Å²) in [6.07, 6.45) is 0.387. The van der Waals surface area contributed by atoms with Crippen LogP contribution in [0.15, 0.2) is 42.5 Å². The smallest absolute Gasteiger partial charge is 0.126 e. The Balaban J connectivity index is 2.32. The molecule has 0 saturated carbocycles. The Morgan fingerprint density at radius 3 is 2.42 bits per heavy atom. The third kappa shape index (κ3) is 3.27. The molecule has 100 valence electrons. The van der Waals surface area contributed by atoms with Crippen molar-refractivity contribution in [3.63, 3.8) is 0 Å². The van der Waals surface area contributed by atoms with Gasteiger partial charge in [0.05, 0.1) is 10.0 Å². The van der Waals surface area contributed by atoms with Crippen LogP contribution >= 0.6 is 23.2 Å². The summed E-state index contributed by atoms with van der Waals surface area (Å²) in [6.45, 7) is 1.85. The maximum atomic E-state index is 13.7. The highest BCUT2D eigenvalue weighted by Gasteiger charge is 2.23. The quantitative estimate of drug-likeness (QED) is 0.884. The van der Waals surface area contributed by atoms with Gasteiger partial charge in [-0.15, -0.1) is 0 Å². The monoisotopic (exact) mass is 297 g/mol. The van der Waals surface area contributed by atoms with E-state index in [1.165, 1.54) is 6.07 Å².